The van der Waals surface area contributed by atoms with E-state index >= 15 is 0 Å². The lowest BCUT2D eigenvalue weighted by atomic mass is 10.1. The lowest BCUT2D eigenvalue weighted by Gasteiger charge is -2.13. The molecule has 2 aromatic carbocycles. The van der Waals surface area contributed by atoms with Gasteiger partial charge in [0.1, 0.15) is 5.82 Å². The summed E-state index contributed by atoms with van der Waals surface area (Å²) in [5, 5.41) is 0. The van der Waals surface area contributed by atoms with Crippen LogP contribution in [-0.4, -0.2) is 9.55 Å². The Labute approximate surface area is 121 Å². The predicted molar refractivity (Wildman–Crippen MR) is 73.4 cm³/mol. The van der Waals surface area contributed by atoms with E-state index in [1.807, 2.05) is 0 Å². The zero-order chi connectivity index (χ0) is 15.2. The normalized spacial score (nSPS) is 12.0. The number of H-pyrrole nitrogens is 1. The van der Waals surface area contributed by atoms with Crippen molar-refractivity contribution in [2.75, 3.05) is 0 Å². The van der Waals surface area contributed by atoms with Crippen LogP contribution in [0, 0.1) is 10.6 Å². The highest BCUT2D eigenvalue weighted by Gasteiger charge is 2.34. The molecule has 1 N–H and O–H groups in total. The van der Waals surface area contributed by atoms with Gasteiger partial charge in [0.05, 0.1) is 22.3 Å². The summed E-state index contributed by atoms with van der Waals surface area (Å²) in [6, 6.07) is 8.88. The molecule has 108 valence electrons. The summed E-state index contributed by atoms with van der Waals surface area (Å²) >= 11 is 5.08. The molecule has 0 aliphatic carbocycles. The Balaban J connectivity index is 2.37. The maximum Gasteiger partial charge on any atom is 0.418 e. The SMILES string of the molecule is Fc1ccc2c(c1)[nH]c(=S)n2-c1ccccc1C(F)(F)F. The Hall–Kier alpha value is -2.15. The largest absolute Gasteiger partial charge is 0.418 e. The van der Waals surface area contributed by atoms with E-state index < -0.39 is 17.6 Å². The van der Waals surface area contributed by atoms with Gasteiger partial charge in [-0.25, -0.2) is 4.39 Å². The molecule has 0 amide bonds. The maximum absolute atomic E-state index is 13.2. The zero-order valence-corrected chi connectivity index (χ0v) is 11.2. The number of aromatic amines is 1. The van der Waals surface area contributed by atoms with E-state index in [0.29, 0.717) is 11.0 Å². The fraction of sp³-hybridized carbons (Fsp3) is 0.0714. The Morgan fingerprint density at radius 2 is 1.76 bits per heavy atom. The maximum atomic E-state index is 13.2. The third kappa shape index (κ3) is 2.33. The molecule has 1 heterocycles. The van der Waals surface area contributed by atoms with Crippen LogP contribution in [0.2, 0.25) is 0 Å². The molecule has 7 heteroatoms. The molecule has 1 aromatic heterocycles. The third-order valence-electron chi connectivity index (χ3n) is 3.09. The molecule has 0 fully saturated rings. The van der Waals surface area contributed by atoms with Crippen molar-refractivity contribution < 1.29 is 17.6 Å². The van der Waals surface area contributed by atoms with E-state index in [0.717, 1.165) is 6.07 Å². The number of aromatic nitrogens is 2. The minimum atomic E-state index is -4.50. The van der Waals surface area contributed by atoms with Gasteiger partial charge >= 0.3 is 6.18 Å². The Bertz CT molecular complexity index is 877. The van der Waals surface area contributed by atoms with Gasteiger partial charge in [-0.05, 0) is 42.5 Å². The van der Waals surface area contributed by atoms with E-state index in [9.17, 15) is 17.6 Å². The zero-order valence-electron chi connectivity index (χ0n) is 10.4. The molecular formula is C14H8F4N2S. The lowest BCUT2D eigenvalue weighted by molar-refractivity contribution is -0.137. The highest BCUT2D eigenvalue weighted by atomic mass is 32.1. The monoisotopic (exact) mass is 312 g/mol. The van der Waals surface area contributed by atoms with Gasteiger partial charge in [0, 0.05) is 0 Å². The molecule has 3 rings (SSSR count). The summed E-state index contributed by atoms with van der Waals surface area (Å²) < 4.78 is 53.9. The minimum absolute atomic E-state index is 0.0762. The number of alkyl halides is 3. The van der Waals surface area contributed by atoms with Crippen molar-refractivity contribution in [2.24, 2.45) is 0 Å². The number of hydrogen-bond donors (Lipinski definition) is 1. The van der Waals surface area contributed by atoms with Crippen molar-refractivity contribution in [3.63, 3.8) is 0 Å². The number of imidazole rings is 1. The van der Waals surface area contributed by atoms with Gasteiger partial charge in [-0.2, -0.15) is 13.2 Å². The molecule has 0 radical (unpaired) electrons. The van der Waals surface area contributed by atoms with Gasteiger partial charge in [0.25, 0.3) is 0 Å². The van der Waals surface area contributed by atoms with Gasteiger partial charge < -0.3 is 4.98 Å². The summed E-state index contributed by atoms with van der Waals surface area (Å²) in [4.78, 5) is 2.72. The fourth-order valence-electron chi connectivity index (χ4n) is 2.23. The minimum Gasteiger partial charge on any atom is -0.330 e. The highest BCUT2D eigenvalue weighted by molar-refractivity contribution is 7.71. The second kappa shape index (κ2) is 4.70. The van der Waals surface area contributed by atoms with E-state index in [1.54, 1.807) is 0 Å². The van der Waals surface area contributed by atoms with Crippen LogP contribution in [0.1, 0.15) is 5.56 Å². The first-order chi connectivity index (χ1) is 9.88. The van der Waals surface area contributed by atoms with Gasteiger partial charge in [-0.15, -0.1) is 0 Å². The summed E-state index contributed by atoms with van der Waals surface area (Å²) in [5.41, 5.74) is -0.158. The molecule has 2 nitrogen and oxygen atoms in total. The first kappa shape index (κ1) is 13.8. The van der Waals surface area contributed by atoms with Gasteiger partial charge in [-0.3, -0.25) is 4.57 Å². The van der Waals surface area contributed by atoms with Crippen molar-refractivity contribution >= 4 is 23.3 Å². The van der Waals surface area contributed by atoms with Crippen LogP contribution in [0.15, 0.2) is 42.5 Å². The Morgan fingerprint density at radius 1 is 1.05 bits per heavy atom. The van der Waals surface area contributed by atoms with E-state index in [4.69, 9.17) is 12.2 Å². The smallest absolute Gasteiger partial charge is 0.330 e. The molecule has 0 saturated carbocycles. The molecule has 21 heavy (non-hydrogen) atoms. The van der Waals surface area contributed by atoms with Gasteiger partial charge in [0.15, 0.2) is 4.77 Å². The van der Waals surface area contributed by atoms with Crippen molar-refractivity contribution in [1.82, 2.24) is 9.55 Å². The number of rotatable bonds is 1. The van der Waals surface area contributed by atoms with Crippen LogP contribution in [0.4, 0.5) is 17.6 Å². The summed E-state index contributed by atoms with van der Waals surface area (Å²) in [7, 11) is 0. The molecule has 0 spiro atoms. The van der Waals surface area contributed by atoms with Crippen LogP contribution in [0.25, 0.3) is 16.7 Å². The van der Waals surface area contributed by atoms with Crippen LogP contribution in [0.5, 0.6) is 0 Å². The molecule has 0 saturated heterocycles. The average Bonchev–Trinajstić information content (AvgIpc) is 2.72. The molecule has 3 aromatic rings. The number of halogens is 4. The Morgan fingerprint density at radius 3 is 2.48 bits per heavy atom. The van der Waals surface area contributed by atoms with Crippen molar-refractivity contribution in [3.8, 4) is 5.69 Å². The summed E-state index contributed by atoms with van der Waals surface area (Å²) in [5.74, 6) is -0.491. The quantitative estimate of drug-likeness (QED) is 0.503. The molecule has 0 bridgehead atoms. The summed E-state index contributed by atoms with van der Waals surface area (Å²) in [6.07, 6.45) is -4.50. The lowest BCUT2D eigenvalue weighted by Crippen LogP contribution is -2.10. The molecule has 0 atom stereocenters. The van der Waals surface area contributed by atoms with E-state index in [1.165, 1.54) is 41.0 Å². The van der Waals surface area contributed by atoms with Crippen LogP contribution in [0.3, 0.4) is 0 Å². The van der Waals surface area contributed by atoms with Gasteiger partial charge in [-0.1, -0.05) is 12.1 Å². The topological polar surface area (TPSA) is 20.7 Å². The van der Waals surface area contributed by atoms with Crippen molar-refractivity contribution in [1.29, 1.82) is 0 Å². The number of benzene rings is 2. The van der Waals surface area contributed by atoms with Crippen molar-refractivity contribution in [3.05, 3.63) is 58.6 Å². The first-order valence-corrected chi connectivity index (χ1v) is 6.35. The standard InChI is InChI=1S/C14H8F4N2S/c15-8-5-6-12-10(7-8)19-13(21)20(12)11-4-2-1-3-9(11)14(16,17)18/h1-7H,(H,19,21). The number of nitrogens with one attached hydrogen (secondary N) is 1. The predicted octanol–water partition coefficient (Wildman–Crippen LogP) is 4.85. The van der Waals surface area contributed by atoms with Crippen LogP contribution >= 0.6 is 12.2 Å². The molecule has 0 aliphatic rings. The highest BCUT2D eigenvalue weighted by Crippen LogP contribution is 2.35. The third-order valence-corrected chi connectivity index (χ3v) is 3.38. The summed E-state index contributed by atoms with van der Waals surface area (Å²) in [6.45, 7) is 0. The second-order valence-electron chi connectivity index (χ2n) is 4.44. The molecular weight excluding hydrogens is 304 g/mol. The Kier molecular flexibility index (Phi) is 3.09. The van der Waals surface area contributed by atoms with Crippen molar-refractivity contribution in [2.45, 2.75) is 6.18 Å². The van der Waals surface area contributed by atoms with E-state index in [2.05, 4.69) is 4.98 Å². The molecule has 0 aliphatic heterocycles. The number of fused-ring (bicyclic) bond motifs is 1. The first-order valence-electron chi connectivity index (χ1n) is 5.95. The molecule has 0 unspecified atom stereocenters. The van der Waals surface area contributed by atoms with Crippen LogP contribution < -0.4 is 0 Å². The number of para-hydroxylation sites is 1. The second-order valence-corrected chi connectivity index (χ2v) is 4.83. The van der Waals surface area contributed by atoms with E-state index in [-0.39, 0.29) is 10.5 Å². The average molecular weight is 312 g/mol. The van der Waals surface area contributed by atoms with Crippen LogP contribution in [-0.2, 0) is 6.18 Å². The fourth-order valence-corrected chi connectivity index (χ4v) is 2.54. The number of nitrogens with zero attached hydrogens (tertiary/aromatic N) is 1. The van der Waals surface area contributed by atoms with Gasteiger partial charge in [0.2, 0.25) is 0 Å². The number of hydrogen-bond acceptors (Lipinski definition) is 1.